The number of benzene rings is 6. The van der Waals surface area contributed by atoms with Gasteiger partial charge in [0, 0.05) is 49.1 Å². The average molecular weight is 1070 g/mol. The third kappa shape index (κ3) is 10.8. The second-order valence-electron chi connectivity index (χ2n) is 17.8. The number of alkyl halides is 3. The minimum Gasteiger partial charge on any atom is -0.497 e. The summed E-state index contributed by atoms with van der Waals surface area (Å²) in [6, 6.07) is 33.5. The Morgan fingerprint density at radius 3 is 1.65 bits per heavy atom. The fourth-order valence-electron chi connectivity index (χ4n) is 9.42. The molecule has 75 heavy (non-hydrogen) atoms. The van der Waals surface area contributed by atoms with Gasteiger partial charge in [-0.3, -0.25) is 4.99 Å². The number of pyridine rings is 1. The molecule has 9 rings (SSSR count). The fourth-order valence-corrected chi connectivity index (χ4v) is 9.94. The van der Waals surface area contributed by atoms with Crippen LogP contribution in [0.15, 0.2) is 138 Å². The number of hydrogen-bond acceptors (Lipinski definition) is 11. The van der Waals surface area contributed by atoms with Crippen molar-refractivity contribution < 1.29 is 45.6 Å². The highest BCUT2D eigenvalue weighted by molar-refractivity contribution is 6.33. The van der Waals surface area contributed by atoms with Gasteiger partial charge in [-0.15, -0.1) is 0 Å². The first-order valence-electron chi connectivity index (χ1n) is 23.6. The molecule has 18 heteroatoms. The third-order valence-corrected chi connectivity index (χ3v) is 13.8. The van der Waals surface area contributed by atoms with E-state index in [-0.39, 0.29) is 47.1 Å². The highest BCUT2D eigenvalue weighted by Crippen LogP contribution is 2.47. The Balaban J connectivity index is 1.19. The zero-order valence-corrected chi connectivity index (χ0v) is 43.2. The molecule has 388 valence electrons. The van der Waals surface area contributed by atoms with Gasteiger partial charge >= 0.3 is 6.18 Å². The van der Waals surface area contributed by atoms with Gasteiger partial charge in [0.15, 0.2) is 11.6 Å². The van der Waals surface area contributed by atoms with E-state index in [4.69, 9.17) is 51.9 Å². The maximum Gasteiger partial charge on any atom is 0.417 e. The number of halogens is 7. The van der Waals surface area contributed by atoms with Crippen molar-refractivity contribution in [3.63, 3.8) is 0 Å². The summed E-state index contributed by atoms with van der Waals surface area (Å²) >= 11 is 14.1. The first kappa shape index (κ1) is 52.2. The van der Waals surface area contributed by atoms with Crippen molar-refractivity contribution in [2.24, 2.45) is 4.99 Å². The lowest BCUT2D eigenvalue weighted by Crippen LogP contribution is -2.45. The Morgan fingerprint density at radius 2 is 1.19 bits per heavy atom. The SMILES string of the molecule is COc1ccc(CN(Cc2ccc(OC)cc2)c2cc(-c3c(F)c4c5c(c3Cl)=NCNC=5N(C(C)c3cccnc3N(Cc3ccc(OC)cc3)Cc3ccc(OC)cc3)C=C(Cl)O4)c(C(F)(F)F)c(C)c2F)cc1. The smallest absolute Gasteiger partial charge is 0.417 e. The standard InChI is InChI=1S/C57H51Cl2F5N6O5/c1-33-49(57(62,63)64)44(26-45(51(33)60)68(27-35-9-17-39(71-3)18-10-35)28-36-11-19-40(72-4)20-12-36)47-50(59)53-48-54(52(47)61)75-46(58)31-70(56(48)67-32-66-53)34(2)43-8-7-25-65-55(43)69(29-37-13-21-41(73-5)22-14-37)30-38-15-23-42(74-6)24-16-38/h7-26,31,34,67H,27-30,32H2,1-6H3. The van der Waals surface area contributed by atoms with Crippen LogP contribution in [0, 0.1) is 18.6 Å². The van der Waals surface area contributed by atoms with Crippen molar-refractivity contribution in [2.45, 2.75) is 52.2 Å². The summed E-state index contributed by atoms with van der Waals surface area (Å²) in [6.45, 7) is 3.71. The largest absolute Gasteiger partial charge is 0.497 e. The molecular formula is C57H51Cl2F5N6O5. The summed E-state index contributed by atoms with van der Waals surface area (Å²) in [5, 5.41) is 2.41. The Bertz CT molecular complexity index is 3280. The molecule has 1 atom stereocenters. The Morgan fingerprint density at radius 1 is 0.707 bits per heavy atom. The van der Waals surface area contributed by atoms with Crippen molar-refractivity contribution in [2.75, 3.05) is 44.9 Å². The number of rotatable bonds is 17. The molecule has 0 fully saturated rings. The molecule has 0 bridgehead atoms. The van der Waals surface area contributed by atoms with Gasteiger partial charge in [0.05, 0.1) is 67.5 Å². The van der Waals surface area contributed by atoms with Crippen molar-refractivity contribution in [3.8, 4) is 39.9 Å². The van der Waals surface area contributed by atoms with Crippen LogP contribution in [0.4, 0.5) is 33.5 Å². The van der Waals surface area contributed by atoms with Crippen LogP contribution in [0.1, 0.15) is 51.9 Å². The van der Waals surface area contributed by atoms with Crippen molar-refractivity contribution in [1.29, 1.82) is 0 Å². The highest BCUT2D eigenvalue weighted by atomic mass is 35.5. The molecule has 2 aliphatic heterocycles. The third-order valence-electron chi connectivity index (χ3n) is 13.2. The maximum atomic E-state index is 17.9. The van der Waals surface area contributed by atoms with Gasteiger partial charge in [0.2, 0.25) is 5.22 Å². The summed E-state index contributed by atoms with van der Waals surface area (Å²) in [7, 11) is 6.25. The normalized spacial score (nSPS) is 13.3. The van der Waals surface area contributed by atoms with E-state index in [2.05, 4.69) is 15.2 Å². The minimum atomic E-state index is -5.19. The lowest BCUT2D eigenvalue weighted by Gasteiger charge is -2.34. The quantitative estimate of drug-likeness (QED) is 0.0889. The summed E-state index contributed by atoms with van der Waals surface area (Å²) in [5.74, 6) is 0.461. The zero-order chi connectivity index (χ0) is 53.1. The van der Waals surface area contributed by atoms with Crippen molar-refractivity contribution in [3.05, 3.63) is 199 Å². The van der Waals surface area contributed by atoms with Crippen LogP contribution in [-0.2, 0) is 32.4 Å². The van der Waals surface area contributed by atoms with Gasteiger partial charge in [0.25, 0.3) is 0 Å². The van der Waals surface area contributed by atoms with Crippen LogP contribution in [0.5, 0.6) is 28.7 Å². The molecule has 1 aromatic heterocycles. The fraction of sp³-hybridized carbons (Fsp3) is 0.228. The van der Waals surface area contributed by atoms with Gasteiger partial charge < -0.3 is 43.7 Å². The molecule has 0 saturated heterocycles. The lowest BCUT2D eigenvalue weighted by atomic mass is 9.92. The van der Waals surface area contributed by atoms with Gasteiger partial charge in [-0.05, 0) is 114 Å². The summed E-state index contributed by atoms with van der Waals surface area (Å²) in [4.78, 5) is 15.0. The van der Waals surface area contributed by atoms with Gasteiger partial charge in [-0.25, -0.2) is 13.8 Å². The van der Waals surface area contributed by atoms with Crippen LogP contribution in [0.25, 0.3) is 16.9 Å². The number of methoxy groups -OCH3 is 4. The van der Waals surface area contributed by atoms with E-state index >= 15 is 22.0 Å². The van der Waals surface area contributed by atoms with Crippen LogP contribution in [0.3, 0.4) is 0 Å². The van der Waals surface area contributed by atoms with Crippen LogP contribution < -0.4 is 49.4 Å². The van der Waals surface area contributed by atoms with Crippen molar-refractivity contribution in [1.82, 2.24) is 15.2 Å². The van der Waals surface area contributed by atoms with Crippen LogP contribution in [0.2, 0.25) is 5.02 Å². The molecule has 0 amide bonds. The topological polar surface area (TPSA) is 93.2 Å². The molecule has 1 N–H and O–H groups in total. The number of aromatic nitrogens is 1. The van der Waals surface area contributed by atoms with Gasteiger partial charge in [-0.1, -0.05) is 66.2 Å². The van der Waals surface area contributed by atoms with E-state index in [0.717, 1.165) is 29.7 Å². The van der Waals surface area contributed by atoms with E-state index < -0.39 is 56.9 Å². The zero-order valence-electron chi connectivity index (χ0n) is 41.7. The van der Waals surface area contributed by atoms with E-state index in [1.807, 2.05) is 61.5 Å². The first-order chi connectivity index (χ1) is 36.1. The molecule has 1 unspecified atom stereocenters. The molecular weight excluding hydrogens is 1010 g/mol. The Kier molecular flexibility index (Phi) is 15.3. The minimum absolute atomic E-state index is 0.0123. The van der Waals surface area contributed by atoms with Crippen LogP contribution >= 0.6 is 23.2 Å². The van der Waals surface area contributed by atoms with Crippen LogP contribution in [-0.4, -0.2) is 45.0 Å². The van der Waals surface area contributed by atoms with Crippen molar-refractivity contribution >= 4 is 40.5 Å². The molecule has 0 aliphatic carbocycles. The molecule has 0 spiro atoms. The summed E-state index contributed by atoms with van der Waals surface area (Å²) in [6.07, 6.45) is -2.03. The predicted molar refractivity (Wildman–Crippen MR) is 280 cm³/mol. The van der Waals surface area contributed by atoms with Gasteiger partial charge in [0.1, 0.15) is 47.1 Å². The number of nitrogens with one attached hydrogen (secondary N) is 1. The molecule has 11 nitrogen and oxygen atoms in total. The number of anilines is 2. The number of nitrogens with zero attached hydrogens (tertiary/aromatic N) is 5. The Labute approximate surface area is 440 Å². The van der Waals surface area contributed by atoms with E-state index in [0.29, 0.717) is 53.0 Å². The number of ether oxygens (including phenoxy) is 5. The lowest BCUT2D eigenvalue weighted by molar-refractivity contribution is -0.137. The molecule has 0 saturated carbocycles. The average Bonchev–Trinajstić information content (AvgIpc) is 3.58. The maximum absolute atomic E-state index is 17.9. The first-order valence-corrected chi connectivity index (χ1v) is 24.4. The summed E-state index contributed by atoms with van der Waals surface area (Å²) < 4.78 is 109. The van der Waals surface area contributed by atoms with Gasteiger partial charge in [-0.2, -0.15) is 13.2 Å². The molecule has 3 heterocycles. The predicted octanol–water partition coefficient (Wildman–Crippen LogP) is 12.2. The van der Waals surface area contributed by atoms with E-state index in [1.165, 1.54) is 20.4 Å². The molecule has 7 aromatic rings. The summed E-state index contributed by atoms with van der Waals surface area (Å²) in [5.41, 5.74) is 0.181. The Hall–Kier alpha value is -7.69. The highest BCUT2D eigenvalue weighted by Gasteiger charge is 2.41. The second kappa shape index (κ2) is 22.0. The molecule has 0 radical (unpaired) electrons. The second-order valence-corrected chi connectivity index (χ2v) is 18.5. The molecule has 6 aromatic carbocycles. The van der Waals surface area contributed by atoms with E-state index in [9.17, 15) is 0 Å². The number of hydrogen-bond donors (Lipinski definition) is 1. The monoisotopic (exact) mass is 1060 g/mol. The molecule has 2 aliphatic rings. The van der Waals surface area contributed by atoms with E-state index in [1.54, 1.807) is 84.8 Å².